The van der Waals surface area contributed by atoms with Crippen LogP contribution < -0.4 is 10.1 Å². The van der Waals surface area contributed by atoms with E-state index in [-0.39, 0.29) is 5.91 Å². The lowest BCUT2D eigenvalue weighted by molar-refractivity contribution is 0.102. The minimum atomic E-state index is -0.225. The normalized spacial score (nSPS) is 10.7. The standard InChI is InChI=1S/C21H18N4O2/c1-27-17-5-2-4-15(11-17)21(26)25-19-8-7-14(12-23-19)10-16-13-24-20-18(16)6-3-9-22-20/h2-9,11-13H,10H2,1H3,(H,22,24)(H,23,25,26). The summed E-state index contributed by atoms with van der Waals surface area (Å²) in [6, 6.07) is 14.7. The number of benzene rings is 1. The number of hydrogen-bond acceptors (Lipinski definition) is 4. The average molecular weight is 358 g/mol. The van der Waals surface area contributed by atoms with Gasteiger partial charge in [-0.25, -0.2) is 9.97 Å². The maximum absolute atomic E-state index is 12.4. The number of pyridine rings is 2. The number of carbonyl (C=O) groups is 1. The first kappa shape index (κ1) is 16.8. The molecule has 0 fully saturated rings. The summed E-state index contributed by atoms with van der Waals surface area (Å²) in [5, 5.41) is 3.91. The van der Waals surface area contributed by atoms with Crippen molar-refractivity contribution in [2.24, 2.45) is 0 Å². The fourth-order valence-electron chi connectivity index (χ4n) is 2.93. The molecular weight excluding hydrogens is 340 g/mol. The van der Waals surface area contributed by atoms with Crippen LogP contribution in [0.1, 0.15) is 21.5 Å². The number of aromatic amines is 1. The largest absolute Gasteiger partial charge is 0.497 e. The SMILES string of the molecule is COc1cccc(C(=O)Nc2ccc(Cc3c[nH]c4ncccc34)cn2)c1. The summed E-state index contributed by atoms with van der Waals surface area (Å²) in [6.45, 7) is 0. The van der Waals surface area contributed by atoms with E-state index >= 15 is 0 Å². The Kier molecular flexibility index (Phi) is 4.53. The van der Waals surface area contributed by atoms with Crippen molar-refractivity contribution in [3.63, 3.8) is 0 Å². The molecular formula is C21H18N4O2. The van der Waals surface area contributed by atoms with E-state index in [9.17, 15) is 4.79 Å². The third-order valence-corrected chi connectivity index (χ3v) is 4.33. The summed E-state index contributed by atoms with van der Waals surface area (Å²) < 4.78 is 5.15. The number of methoxy groups -OCH3 is 1. The summed E-state index contributed by atoms with van der Waals surface area (Å²) in [6.07, 6.45) is 6.25. The van der Waals surface area contributed by atoms with Crippen molar-refractivity contribution in [2.75, 3.05) is 12.4 Å². The van der Waals surface area contributed by atoms with E-state index in [1.54, 1.807) is 49.8 Å². The predicted octanol–water partition coefficient (Wildman–Crippen LogP) is 3.81. The number of nitrogens with one attached hydrogen (secondary N) is 2. The van der Waals surface area contributed by atoms with E-state index in [1.807, 2.05) is 24.4 Å². The van der Waals surface area contributed by atoms with Crippen molar-refractivity contribution in [1.29, 1.82) is 0 Å². The quantitative estimate of drug-likeness (QED) is 0.568. The molecule has 134 valence electrons. The number of ether oxygens (including phenoxy) is 1. The van der Waals surface area contributed by atoms with Crippen LogP contribution in [0.15, 0.2) is 67.1 Å². The van der Waals surface area contributed by atoms with Gasteiger partial charge >= 0.3 is 0 Å². The van der Waals surface area contributed by atoms with Gasteiger partial charge in [-0.3, -0.25) is 4.79 Å². The van der Waals surface area contributed by atoms with Crippen LogP contribution in [0, 0.1) is 0 Å². The van der Waals surface area contributed by atoms with Gasteiger partial charge in [0.1, 0.15) is 17.2 Å². The Morgan fingerprint density at radius 3 is 2.89 bits per heavy atom. The first-order valence-corrected chi connectivity index (χ1v) is 8.54. The van der Waals surface area contributed by atoms with Gasteiger partial charge in [-0.05, 0) is 47.5 Å². The Hall–Kier alpha value is -3.67. The van der Waals surface area contributed by atoms with E-state index in [1.165, 1.54) is 0 Å². The summed E-state index contributed by atoms with van der Waals surface area (Å²) in [7, 11) is 1.57. The third-order valence-electron chi connectivity index (χ3n) is 4.33. The average Bonchev–Trinajstić information content (AvgIpc) is 3.12. The van der Waals surface area contributed by atoms with Gasteiger partial charge in [-0.1, -0.05) is 12.1 Å². The zero-order valence-electron chi connectivity index (χ0n) is 14.8. The molecule has 2 N–H and O–H groups in total. The second-order valence-electron chi connectivity index (χ2n) is 6.13. The number of aromatic nitrogens is 3. The zero-order valence-corrected chi connectivity index (χ0v) is 14.8. The lowest BCUT2D eigenvalue weighted by atomic mass is 10.1. The fourth-order valence-corrected chi connectivity index (χ4v) is 2.93. The molecule has 0 radical (unpaired) electrons. The topological polar surface area (TPSA) is 79.9 Å². The summed E-state index contributed by atoms with van der Waals surface area (Å²) in [5.41, 5.74) is 3.61. The molecule has 6 heteroatoms. The second-order valence-corrected chi connectivity index (χ2v) is 6.13. The smallest absolute Gasteiger partial charge is 0.256 e. The molecule has 1 amide bonds. The molecule has 3 aromatic heterocycles. The molecule has 0 aliphatic carbocycles. The van der Waals surface area contributed by atoms with Crippen LogP contribution in [-0.2, 0) is 6.42 Å². The highest BCUT2D eigenvalue weighted by atomic mass is 16.5. The molecule has 0 atom stereocenters. The number of anilines is 1. The van der Waals surface area contributed by atoms with Gasteiger partial charge in [0, 0.05) is 36.0 Å². The molecule has 0 aliphatic rings. The van der Waals surface area contributed by atoms with Crippen LogP contribution in [0.5, 0.6) is 5.75 Å². The van der Waals surface area contributed by atoms with E-state index in [4.69, 9.17) is 4.74 Å². The van der Waals surface area contributed by atoms with E-state index in [0.29, 0.717) is 17.1 Å². The van der Waals surface area contributed by atoms with Gasteiger partial charge in [-0.2, -0.15) is 0 Å². The van der Waals surface area contributed by atoms with Crippen molar-refractivity contribution in [3.05, 3.63) is 83.8 Å². The van der Waals surface area contributed by atoms with Crippen molar-refractivity contribution >= 4 is 22.8 Å². The molecule has 6 nitrogen and oxygen atoms in total. The summed E-state index contributed by atoms with van der Waals surface area (Å²) in [4.78, 5) is 24.2. The molecule has 0 saturated carbocycles. The molecule has 0 bridgehead atoms. The van der Waals surface area contributed by atoms with Crippen molar-refractivity contribution < 1.29 is 9.53 Å². The van der Waals surface area contributed by atoms with Gasteiger partial charge in [0.2, 0.25) is 0 Å². The van der Waals surface area contributed by atoms with Crippen LogP contribution in [0.3, 0.4) is 0 Å². The van der Waals surface area contributed by atoms with Crippen LogP contribution in [0.2, 0.25) is 0 Å². The van der Waals surface area contributed by atoms with Crippen molar-refractivity contribution in [1.82, 2.24) is 15.0 Å². The number of carbonyl (C=O) groups excluding carboxylic acids is 1. The van der Waals surface area contributed by atoms with Crippen molar-refractivity contribution in [3.8, 4) is 5.75 Å². The van der Waals surface area contributed by atoms with E-state index < -0.39 is 0 Å². The van der Waals surface area contributed by atoms with E-state index in [0.717, 1.165) is 28.6 Å². The Labute approximate surface area is 156 Å². The number of nitrogens with zero attached hydrogens (tertiary/aromatic N) is 2. The first-order valence-electron chi connectivity index (χ1n) is 8.54. The minimum absolute atomic E-state index is 0.225. The Balaban J connectivity index is 1.46. The molecule has 1 aromatic carbocycles. The maximum atomic E-state index is 12.4. The second kappa shape index (κ2) is 7.29. The molecule has 0 saturated heterocycles. The molecule has 0 aliphatic heterocycles. The van der Waals surface area contributed by atoms with Gasteiger partial charge in [0.05, 0.1) is 7.11 Å². The van der Waals surface area contributed by atoms with Gasteiger partial charge in [-0.15, -0.1) is 0 Å². The van der Waals surface area contributed by atoms with Crippen LogP contribution >= 0.6 is 0 Å². The molecule has 4 aromatic rings. The van der Waals surface area contributed by atoms with Crippen LogP contribution in [-0.4, -0.2) is 28.0 Å². The zero-order chi connectivity index (χ0) is 18.6. The fraction of sp³-hybridized carbons (Fsp3) is 0.0952. The van der Waals surface area contributed by atoms with Gasteiger partial charge < -0.3 is 15.0 Å². The number of rotatable bonds is 5. The minimum Gasteiger partial charge on any atom is -0.497 e. The van der Waals surface area contributed by atoms with E-state index in [2.05, 4.69) is 20.3 Å². The Bertz CT molecular complexity index is 1090. The van der Waals surface area contributed by atoms with Gasteiger partial charge in [0.25, 0.3) is 5.91 Å². The van der Waals surface area contributed by atoms with Crippen molar-refractivity contribution in [2.45, 2.75) is 6.42 Å². The molecule has 27 heavy (non-hydrogen) atoms. The highest BCUT2D eigenvalue weighted by Gasteiger charge is 2.09. The number of amides is 1. The third kappa shape index (κ3) is 3.64. The highest BCUT2D eigenvalue weighted by molar-refractivity contribution is 6.04. The molecule has 0 unspecified atom stereocenters. The van der Waals surface area contributed by atoms with Crippen LogP contribution in [0.25, 0.3) is 11.0 Å². The Morgan fingerprint density at radius 2 is 2.07 bits per heavy atom. The number of H-pyrrole nitrogens is 1. The highest BCUT2D eigenvalue weighted by Crippen LogP contribution is 2.20. The number of hydrogen-bond donors (Lipinski definition) is 2. The summed E-state index contributed by atoms with van der Waals surface area (Å²) in [5.74, 6) is 0.920. The predicted molar refractivity (Wildman–Crippen MR) is 104 cm³/mol. The van der Waals surface area contributed by atoms with Crippen LogP contribution in [0.4, 0.5) is 5.82 Å². The Morgan fingerprint density at radius 1 is 1.15 bits per heavy atom. The molecule has 3 heterocycles. The lowest BCUT2D eigenvalue weighted by Crippen LogP contribution is -2.13. The maximum Gasteiger partial charge on any atom is 0.256 e. The lowest BCUT2D eigenvalue weighted by Gasteiger charge is -2.07. The number of fused-ring (bicyclic) bond motifs is 1. The monoisotopic (exact) mass is 358 g/mol. The molecule has 0 spiro atoms. The summed E-state index contributed by atoms with van der Waals surface area (Å²) >= 11 is 0. The molecule has 4 rings (SSSR count). The first-order chi connectivity index (χ1) is 13.2. The van der Waals surface area contributed by atoms with Gasteiger partial charge in [0.15, 0.2) is 0 Å².